The maximum absolute atomic E-state index is 11.4. The van der Waals surface area contributed by atoms with Crippen LogP contribution in [0.4, 0.5) is 0 Å². The molecule has 0 aromatic heterocycles. The van der Waals surface area contributed by atoms with Crippen LogP contribution in [0.1, 0.15) is 25.7 Å². The maximum Gasteiger partial charge on any atom is 0.237 e. The van der Waals surface area contributed by atoms with Crippen LogP contribution >= 0.6 is 0 Å². The molecule has 0 aromatic rings. The van der Waals surface area contributed by atoms with Gasteiger partial charge in [-0.25, -0.2) is 0 Å². The largest absolute Gasteiger partial charge is 0.376 e. The van der Waals surface area contributed by atoms with Gasteiger partial charge in [-0.15, -0.1) is 0 Å². The van der Waals surface area contributed by atoms with Crippen LogP contribution < -0.4 is 10.6 Å². The zero-order valence-electron chi connectivity index (χ0n) is 8.87. The quantitative estimate of drug-likeness (QED) is 0.691. The zero-order chi connectivity index (χ0) is 10.3. The molecule has 3 atom stereocenters. The smallest absolute Gasteiger partial charge is 0.237 e. The van der Waals surface area contributed by atoms with Gasteiger partial charge in [0, 0.05) is 19.2 Å². The number of carbonyl (C=O) groups is 1. The van der Waals surface area contributed by atoms with Gasteiger partial charge in [0.25, 0.3) is 0 Å². The fourth-order valence-electron chi connectivity index (χ4n) is 2.69. The van der Waals surface area contributed by atoms with E-state index in [-0.39, 0.29) is 11.9 Å². The summed E-state index contributed by atoms with van der Waals surface area (Å²) in [4.78, 5) is 11.4. The van der Waals surface area contributed by atoms with Crippen LogP contribution in [0.2, 0.25) is 0 Å². The molecule has 4 heteroatoms. The first-order valence-electron chi connectivity index (χ1n) is 6.00. The molecule has 3 rings (SSSR count). The Hall–Kier alpha value is -0.610. The van der Waals surface area contributed by atoms with Crippen LogP contribution in [0.25, 0.3) is 0 Å². The van der Waals surface area contributed by atoms with E-state index in [9.17, 15) is 4.79 Å². The highest BCUT2D eigenvalue weighted by molar-refractivity contribution is 5.83. The molecule has 1 saturated carbocycles. The average molecular weight is 210 g/mol. The molecule has 1 aliphatic carbocycles. The first-order chi connectivity index (χ1) is 7.34. The van der Waals surface area contributed by atoms with Gasteiger partial charge >= 0.3 is 0 Å². The minimum absolute atomic E-state index is 0.0259. The van der Waals surface area contributed by atoms with E-state index in [0.29, 0.717) is 12.1 Å². The van der Waals surface area contributed by atoms with Crippen molar-refractivity contribution >= 4 is 5.91 Å². The summed E-state index contributed by atoms with van der Waals surface area (Å²) in [7, 11) is 0. The fourth-order valence-corrected chi connectivity index (χ4v) is 2.69. The van der Waals surface area contributed by atoms with Crippen molar-refractivity contribution in [3.8, 4) is 0 Å². The third-order valence-corrected chi connectivity index (χ3v) is 3.69. The van der Waals surface area contributed by atoms with Gasteiger partial charge in [0.2, 0.25) is 5.91 Å². The summed E-state index contributed by atoms with van der Waals surface area (Å²) in [5.41, 5.74) is 0. The average Bonchev–Trinajstić information content (AvgIpc) is 2.85. The van der Waals surface area contributed by atoms with Gasteiger partial charge in [-0.2, -0.15) is 0 Å². The number of ether oxygens (including phenoxy) is 1. The van der Waals surface area contributed by atoms with Crippen LogP contribution in [0, 0.1) is 5.92 Å². The van der Waals surface area contributed by atoms with Crippen molar-refractivity contribution in [3.63, 3.8) is 0 Å². The van der Waals surface area contributed by atoms with Crippen LogP contribution in [0.5, 0.6) is 0 Å². The van der Waals surface area contributed by atoms with E-state index in [1.165, 1.54) is 12.8 Å². The van der Waals surface area contributed by atoms with Crippen molar-refractivity contribution in [3.05, 3.63) is 0 Å². The van der Waals surface area contributed by atoms with E-state index in [2.05, 4.69) is 10.6 Å². The highest BCUT2D eigenvalue weighted by Crippen LogP contribution is 2.38. The third-order valence-electron chi connectivity index (χ3n) is 3.69. The molecule has 0 bridgehead atoms. The Kier molecular flexibility index (Phi) is 2.41. The molecular weight excluding hydrogens is 192 g/mol. The molecule has 84 valence electrons. The highest BCUT2D eigenvalue weighted by Gasteiger charge is 2.42. The van der Waals surface area contributed by atoms with Gasteiger partial charge in [0.15, 0.2) is 0 Å². The van der Waals surface area contributed by atoms with Gasteiger partial charge in [-0.1, -0.05) is 0 Å². The molecule has 1 amide bonds. The van der Waals surface area contributed by atoms with Gasteiger partial charge in [0.05, 0.1) is 12.1 Å². The summed E-state index contributed by atoms with van der Waals surface area (Å²) in [6.07, 6.45) is 4.97. The predicted octanol–water partition coefficient (Wildman–Crippen LogP) is 0.0320. The molecule has 0 spiro atoms. The fraction of sp³-hybridized carbons (Fsp3) is 0.909. The molecule has 0 radical (unpaired) electrons. The summed E-state index contributed by atoms with van der Waals surface area (Å²) >= 11 is 0. The Bertz CT molecular complexity index is 265. The van der Waals surface area contributed by atoms with Crippen molar-refractivity contribution in [2.24, 2.45) is 5.92 Å². The second-order valence-electron chi connectivity index (χ2n) is 4.87. The number of rotatable bonds is 3. The SMILES string of the molecule is O=C1NCC[C@@H]1N[C@H]1CCO[C@H]1C1CC1. The van der Waals surface area contributed by atoms with E-state index in [0.717, 1.165) is 31.9 Å². The number of hydrogen-bond acceptors (Lipinski definition) is 3. The Morgan fingerprint density at radius 3 is 2.80 bits per heavy atom. The zero-order valence-corrected chi connectivity index (χ0v) is 8.87. The number of nitrogens with one attached hydrogen (secondary N) is 2. The molecule has 2 aliphatic heterocycles. The van der Waals surface area contributed by atoms with E-state index in [4.69, 9.17) is 4.74 Å². The lowest BCUT2D eigenvalue weighted by molar-refractivity contribution is -0.121. The van der Waals surface area contributed by atoms with Crippen molar-refractivity contribution in [2.75, 3.05) is 13.2 Å². The highest BCUT2D eigenvalue weighted by atomic mass is 16.5. The molecule has 0 unspecified atom stereocenters. The summed E-state index contributed by atoms with van der Waals surface area (Å²) in [5.74, 6) is 0.922. The molecule has 15 heavy (non-hydrogen) atoms. The van der Waals surface area contributed by atoms with Gasteiger partial charge in [0.1, 0.15) is 0 Å². The van der Waals surface area contributed by atoms with Crippen molar-refractivity contribution in [1.82, 2.24) is 10.6 Å². The second-order valence-corrected chi connectivity index (χ2v) is 4.87. The Labute approximate surface area is 89.7 Å². The molecule has 3 aliphatic rings. The van der Waals surface area contributed by atoms with Gasteiger partial charge < -0.3 is 15.4 Å². The first kappa shape index (κ1) is 9.60. The third kappa shape index (κ3) is 1.88. The maximum atomic E-state index is 11.4. The Balaban J connectivity index is 1.59. The van der Waals surface area contributed by atoms with Crippen molar-refractivity contribution < 1.29 is 9.53 Å². The minimum atomic E-state index is 0.0259. The van der Waals surface area contributed by atoms with Crippen molar-refractivity contribution in [2.45, 2.75) is 43.9 Å². The number of amides is 1. The van der Waals surface area contributed by atoms with E-state index in [1.54, 1.807) is 0 Å². The van der Waals surface area contributed by atoms with Crippen LogP contribution in [-0.4, -0.2) is 37.2 Å². The Morgan fingerprint density at radius 2 is 2.13 bits per heavy atom. The second kappa shape index (κ2) is 3.76. The topological polar surface area (TPSA) is 50.4 Å². The standard InChI is InChI=1S/C11H18N2O2/c14-11-9(3-5-12-11)13-8-4-6-15-10(8)7-1-2-7/h7-10,13H,1-6H2,(H,12,14)/t8-,9-,10-/m0/s1. The predicted molar refractivity (Wildman–Crippen MR) is 55.4 cm³/mol. The monoisotopic (exact) mass is 210 g/mol. The summed E-state index contributed by atoms with van der Waals surface area (Å²) in [6.45, 7) is 1.67. The summed E-state index contributed by atoms with van der Waals surface area (Å²) in [6, 6.07) is 0.435. The van der Waals surface area contributed by atoms with Crippen LogP contribution in [-0.2, 0) is 9.53 Å². The van der Waals surface area contributed by atoms with Gasteiger partial charge in [-0.3, -0.25) is 4.79 Å². The van der Waals surface area contributed by atoms with Crippen molar-refractivity contribution in [1.29, 1.82) is 0 Å². The lowest BCUT2D eigenvalue weighted by atomic mass is 10.0. The number of hydrogen-bond donors (Lipinski definition) is 2. The molecule has 2 saturated heterocycles. The van der Waals surface area contributed by atoms with Crippen LogP contribution in [0.15, 0.2) is 0 Å². The lowest BCUT2D eigenvalue weighted by Gasteiger charge is -2.22. The molecule has 2 heterocycles. The number of carbonyl (C=O) groups excluding carboxylic acids is 1. The normalized spacial score (nSPS) is 40.8. The first-order valence-corrected chi connectivity index (χ1v) is 6.00. The molecule has 2 N–H and O–H groups in total. The van der Waals surface area contributed by atoms with E-state index < -0.39 is 0 Å². The molecule has 4 nitrogen and oxygen atoms in total. The molecule has 0 aromatic carbocycles. The van der Waals surface area contributed by atoms with E-state index >= 15 is 0 Å². The minimum Gasteiger partial charge on any atom is -0.376 e. The lowest BCUT2D eigenvalue weighted by Crippen LogP contribution is -2.46. The molecular formula is C11H18N2O2. The van der Waals surface area contributed by atoms with Gasteiger partial charge in [-0.05, 0) is 31.6 Å². The molecule has 3 fully saturated rings. The van der Waals surface area contributed by atoms with E-state index in [1.807, 2.05) is 0 Å². The Morgan fingerprint density at radius 1 is 1.27 bits per heavy atom. The summed E-state index contributed by atoms with van der Waals surface area (Å²) < 4.78 is 5.74. The van der Waals surface area contributed by atoms with Crippen LogP contribution in [0.3, 0.4) is 0 Å². The summed E-state index contributed by atoms with van der Waals surface area (Å²) in [5, 5.41) is 6.32.